The zero-order valence-electron chi connectivity index (χ0n) is 15.2. The lowest BCUT2D eigenvalue weighted by molar-refractivity contribution is -0.132. The number of nitrogens with zero attached hydrogens (tertiary/aromatic N) is 2. The van der Waals surface area contributed by atoms with Gasteiger partial charge in [-0.15, -0.1) is 0 Å². The molecule has 0 aromatic heterocycles. The predicted octanol–water partition coefficient (Wildman–Crippen LogP) is 2.53. The topological polar surface area (TPSA) is 59.1 Å². The first kappa shape index (κ1) is 17.6. The Balaban J connectivity index is 1.63. The van der Waals surface area contributed by atoms with Gasteiger partial charge in [-0.05, 0) is 30.0 Å². The van der Waals surface area contributed by atoms with Crippen molar-refractivity contribution in [3.05, 3.63) is 23.8 Å². The molecule has 2 amide bonds. The van der Waals surface area contributed by atoms with Crippen molar-refractivity contribution in [2.24, 2.45) is 5.41 Å². The third-order valence-electron chi connectivity index (χ3n) is 4.44. The number of hydrogen-bond donors (Lipinski definition) is 0. The lowest BCUT2D eigenvalue weighted by Gasteiger charge is -2.25. The predicted molar refractivity (Wildman–Crippen MR) is 93.7 cm³/mol. The number of ether oxygens (including phenoxy) is 2. The standard InChI is InChI=1S/C19H26N2O4/c1-19(2,3)12-17(22)20-7-4-8-21(10-9-20)18(23)14-5-6-15-16(11-14)25-13-24-15/h5-6,11H,4,7-10,12-13H2,1-3H3. The number of rotatable bonds is 2. The van der Waals surface area contributed by atoms with E-state index in [9.17, 15) is 9.59 Å². The van der Waals surface area contributed by atoms with Crippen molar-refractivity contribution in [2.75, 3.05) is 33.0 Å². The normalized spacial score (nSPS) is 17.4. The summed E-state index contributed by atoms with van der Waals surface area (Å²) in [5, 5.41) is 0. The molecule has 2 aliphatic rings. The first-order valence-corrected chi connectivity index (χ1v) is 8.80. The van der Waals surface area contributed by atoms with Crippen molar-refractivity contribution in [1.82, 2.24) is 9.80 Å². The highest BCUT2D eigenvalue weighted by Crippen LogP contribution is 2.32. The van der Waals surface area contributed by atoms with Crippen LogP contribution >= 0.6 is 0 Å². The fourth-order valence-corrected chi connectivity index (χ4v) is 3.15. The van der Waals surface area contributed by atoms with Gasteiger partial charge < -0.3 is 19.3 Å². The lowest BCUT2D eigenvalue weighted by Crippen LogP contribution is -2.38. The van der Waals surface area contributed by atoms with Gasteiger partial charge in [0.05, 0.1) is 0 Å². The van der Waals surface area contributed by atoms with E-state index in [-0.39, 0.29) is 24.0 Å². The molecule has 0 spiro atoms. The van der Waals surface area contributed by atoms with E-state index >= 15 is 0 Å². The molecule has 0 bridgehead atoms. The molecule has 0 unspecified atom stereocenters. The Morgan fingerprint density at radius 2 is 1.68 bits per heavy atom. The van der Waals surface area contributed by atoms with Crippen LogP contribution in [0.4, 0.5) is 0 Å². The van der Waals surface area contributed by atoms with Crippen LogP contribution in [0.5, 0.6) is 11.5 Å². The minimum atomic E-state index is -0.0246. The molecule has 1 aromatic carbocycles. The molecule has 25 heavy (non-hydrogen) atoms. The molecule has 136 valence electrons. The molecule has 1 saturated heterocycles. The molecule has 6 heteroatoms. The number of amides is 2. The fraction of sp³-hybridized carbons (Fsp3) is 0.579. The van der Waals surface area contributed by atoms with Gasteiger partial charge in [0.2, 0.25) is 12.7 Å². The summed E-state index contributed by atoms with van der Waals surface area (Å²) in [6, 6.07) is 5.27. The Labute approximate surface area is 148 Å². The minimum absolute atomic E-state index is 0.0224. The van der Waals surface area contributed by atoms with Crippen LogP contribution in [0.1, 0.15) is 44.0 Å². The summed E-state index contributed by atoms with van der Waals surface area (Å²) in [4.78, 5) is 28.9. The van der Waals surface area contributed by atoms with Gasteiger partial charge in [0.25, 0.3) is 5.91 Å². The van der Waals surface area contributed by atoms with E-state index in [1.807, 2.05) is 9.80 Å². The molecule has 0 N–H and O–H groups in total. The molecule has 3 rings (SSSR count). The van der Waals surface area contributed by atoms with Crippen LogP contribution in [0.3, 0.4) is 0 Å². The van der Waals surface area contributed by atoms with E-state index in [0.717, 1.165) is 6.42 Å². The van der Waals surface area contributed by atoms with Crippen LogP contribution < -0.4 is 9.47 Å². The zero-order valence-corrected chi connectivity index (χ0v) is 15.2. The Morgan fingerprint density at radius 1 is 1.00 bits per heavy atom. The van der Waals surface area contributed by atoms with Crippen LogP contribution in [0.15, 0.2) is 18.2 Å². The van der Waals surface area contributed by atoms with E-state index < -0.39 is 0 Å². The monoisotopic (exact) mass is 346 g/mol. The molecule has 6 nitrogen and oxygen atoms in total. The number of benzene rings is 1. The van der Waals surface area contributed by atoms with Crippen molar-refractivity contribution >= 4 is 11.8 Å². The van der Waals surface area contributed by atoms with Gasteiger partial charge in [-0.3, -0.25) is 9.59 Å². The number of fused-ring (bicyclic) bond motifs is 1. The molecule has 0 atom stereocenters. The second kappa shape index (κ2) is 6.94. The van der Waals surface area contributed by atoms with Gasteiger partial charge >= 0.3 is 0 Å². The molecule has 2 heterocycles. The average molecular weight is 346 g/mol. The third-order valence-corrected chi connectivity index (χ3v) is 4.44. The maximum absolute atomic E-state index is 12.8. The van der Waals surface area contributed by atoms with E-state index in [1.54, 1.807) is 18.2 Å². The molecular weight excluding hydrogens is 320 g/mol. The SMILES string of the molecule is CC(C)(C)CC(=O)N1CCCN(C(=O)c2ccc3c(c2)OCO3)CC1. The summed E-state index contributed by atoms with van der Waals surface area (Å²) >= 11 is 0. The zero-order chi connectivity index (χ0) is 18.0. The minimum Gasteiger partial charge on any atom is -0.454 e. The van der Waals surface area contributed by atoms with Crippen LogP contribution in [-0.4, -0.2) is 54.6 Å². The van der Waals surface area contributed by atoms with Crippen molar-refractivity contribution < 1.29 is 19.1 Å². The summed E-state index contributed by atoms with van der Waals surface area (Å²) in [5.74, 6) is 1.43. The molecular formula is C19H26N2O4. The van der Waals surface area contributed by atoms with Crippen LogP contribution in [-0.2, 0) is 4.79 Å². The number of carbonyl (C=O) groups is 2. The summed E-state index contributed by atoms with van der Waals surface area (Å²) in [6.45, 7) is 8.91. The van der Waals surface area contributed by atoms with Gasteiger partial charge in [0.15, 0.2) is 11.5 Å². The summed E-state index contributed by atoms with van der Waals surface area (Å²) in [5.41, 5.74) is 0.574. The van der Waals surface area contributed by atoms with Crippen LogP contribution in [0.25, 0.3) is 0 Å². The quantitative estimate of drug-likeness (QED) is 0.826. The lowest BCUT2D eigenvalue weighted by atomic mass is 9.91. The highest BCUT2D eigenvalue weighted by atomic mass is 16.7. The van der Waals surface area contributed by atoms with Crippen molar-refractivity contribution in [3.8, 4) is 11.5 Å². The van der Waals surface area contributed by atoms with E-state index in [2.05, 4.69) is 20.8 Å². The van der Waals surface area contributed by atoms with Crippen LogP contribution in [0.2, 0.25) is 0 Å². The number of carbonyl (C=O) groups excluding carboxylic acids is 2. The molecule has 0 saturated carbocycles. The Hall–Kier alpha value is -2.24. The van der Waals surface area contributed by atoms with Crippen LogP contribution in [0, 0.1) is 5.41 Å². The summed E-state index contributed by atoms with van der Waals surface area (Å²) in [7, 11) is 0. The second-order valence-electron chi connectivity index (χ2n) is 7.83. The second-order valence-corrected chi connectivity index (χ2v) is 7.83. The van der Waals surface area contributed by atoms with E-state index in [4.69, 9.17) is 9.47 Å². The van der Waals surface area contributed by atoms with Crippen molar-refractivity contribution in [2.45, 2.75) is 33.6 Å². The highest BCUT2D eigenvalue weighted by Gasteiger charge is 2.26. The maximum Gasteiger partial charge on any atom is 0.254 e. The largest absolute Gasteiger partial charge is 0.454 e. The van der Waals surface area contributed by atoms with Gasteiger partial charge in [-0.2, -0.15) is 0 Å². The average Bonchev–Trinajstić information content (AvgIpc) is 2.86. The Morgan fingerprint density at radius 3 is 2.44 bits per heavy atom. The smallest absolute Gasteiger partial charge is 0.254 e. The Bertz CT molecular complexity index is 666. The first-order chi connectivity index (χ1) is 11.8. The third kappa shape index (κ3) is 4.24. The van der Waals surface area contributed by atoms with Gasteiger partial charge in [-0.25, -0.2) is 0 Å². The Kier molecular flexibility index (Phi) is 4.88. The fourth-order valence-electron chi connectivity index (χ4n) is 3.15. The first-order valence-electron chi connectivity index (χ1n) is 8.80. The molecule has 1 aromatic rings. The van der Waals surface area contributed by atoms with E-state index in [0.29, 0.717) is 49.7 Å². The molecule has 2 aliphatic heterocycles. The number of hydrogen-bond acceptors (Lipinski definition) is 4. The molecule has 1 fully saturated rings. The van der Waals surface area contributed by atoms with Gasteiger partial charge in [-0.1, -0.05) is 20.8 Å². The van der Waals surface area contributed by atoms with Crippen molar-refractivity contribution in [3.63, 3.8) is 0 Å². The maximum atomic E-state index is 12.8. The van der Waals surface area contributed by atoms with Gasteiger partial charge in [0, 0.05) is 38.2 Å². The van der Waals surface area contributed by atoms with Crippen molar-refractivity contribution in [1.29, 1.82) is 0 Å². The molecule has 0 radical (unpaired) electrons. The van der Waals surface area contributed by atoms with E-state index in [1.165, 1.54) is 0 Å². The van der Waals surface area contributed by atoms with Gasteiger partial charge in [0.1, 0.15) is 0 Å². The summed E-state index contributed by atoms with van der Waals surface area (Å²) in [6.07, 6.45) is 1.33. The summed E-state index contributed by atoms with van der Waals surface area (Å²) < 4.78 is 10.6. The highest BCUT2D eigenvalue weighted by molar-refractivity contribution is 5.95. The molecule has 0 aliphatic carbocycles.